The Bertz CT molecular complexity index is 652. The Hall–Kier alpha value is -2.49. The third-order valence-electron chi connectivity index (χ3n) is 2.86. The van der Waals surface area contributed by atoms with Gasteiger partial charge < -0.3 is 5.32 Å². The Morgan fingerprint density at radius 2 is 2.15 bits per heavy atom. The first-order valence-electron chi connectivity index (χ1n) is 5.76. The van der Waals surface area contributed by atoms with E-state index in [1.165, 1.54) is 12.1 Å². The molecule has 0 aliphatic rings. The van der Waals surface area contributed by atoms with E-state index in [-0.39, 0.29) is 0 Å². The zero-order chi connectivity index (χ0) is 14.8. The fourth-order valence-corrected chi connectivity index (χ4v) is 1.75. The first kappa shape index (κ1) is 13.9. The van der Waals surface area contributed by atoms with Crippen molar-refractivity contribution >= 4 is 5.69 Å². The molecule has 0 radical (unpaired) electrons. The fourth-order valence-electron chi connectivity index (χ4n) is 1.75. The van der Waals surface area contributed by atoms with Crippen molar-refractivity contribution in [2.75, 3.05) is 5.32 Å². The van der Waals surface area contributed by atoms with Gasteiger partial charge in [0.25, 0.3) is 0 Å². The van der Waals surface area contributed by atoms with Gasteiger partial charge in [-0.15, -0.1) is 0 Å². The smallest absolute Gasteiger partial charge is 0.381 e. The van der Waals surface area contributed by atoms with Crippen molar-refractivity contribution in [2.24, 2.45) is 0 Å². The number of benzene rings is 1. The van der Waals surface area contributed by atoms with Crippen LogP contribution in [0.15, 0.2) is 24.4 Å². The van der Waals surface area contributed by atoms with E-state index < -0.39 is 17.3 Å². The molecule has 1 aromatic carbocycles. The number of anilines is 1. The number of H-pyrrole nitrogens is 1. The number of nitrogens with one attached hydrogen (secondary N) is 2. The minimum Gasteiger partial charge on any atom is -0.381 e. The van der Waals surface area contributed by atoms with Crippen LogP contribution in [-0.2, 0) is 12.7 Å². The number of rotatable bonds is 3. The molecule has 0 atom stereocenters. The van der Waals surface area contributed by atoms with Crippen molar-refractivity contribution in [1.29, 1.82) is 5.26 Å². The molecule has 0 fully saturated rings. The molecule has 0 saturated heterocycles. The third kappa shape index (κ3) is 2.91. The molecular weight excluding hydrogens is 269 g/mol. The predicted molar refractivity (Wildman–Crippen MR) is 66.8 cm³/mol. The molecular formula is C13H11F3N4. The van der Waals surface area contributed by atoms with Gasteiger partial charge in [-0.25, -0.2) is 0 Å². The number of hydrogen-bond acceptors (Lipinski definition) is 3. The summed E-state index contributed by atoms with van der Waals surface area (Å²) in [4.78, 5) is 0. The van der Waals surface area contributed by atoms with Crippen LogP contribution >= 0.6 is 0 Å². The van der Waals surface area contributed by atoms with Gasteiger partial charge in [-0.05, 0) is 25.1 Å². The number of alkyl halides is 3. The van der Waals surface area contributed by atoms with Gasteiger partial charge in [0, 0.05) is 23.5 Å². The van der Waals surface area contributed by atoms with E-state index in [0.29, 0.717) is 12.2 Å². The van der Waals surface area contributed by atoms with Gasteiger partial charge in [-0.1, -0.05) is 0 Å². The summed E-state index contributed by atoms with van der Waals surface area (Å²) in [5, 5.41) is 18.4. The normalized spacial score (nSPS) is 11.2. The summed E-state index contributed by atoms with van der Waals surface area (Å²) in [5.74, 6) is 0. The van der Waals surface area contributed by atoms with E-state index in [0.717, 1.165) is 17.3 Å². The van der Waals surface area contributed by atoms with Crippen molar-refractivity contribution in [2.45, 2.75) is 19.6 Å². The number of halogens is 3. The second-order valence-corrected chi connectivity index (χ2v) is 4.24. The minimum absolute atomic E-state index is 0.397. The van der Waals surface area contributed by atoms with Crippen LogP contribution in [0.25, 0.3) is 0 Å². The van der Waals surface area contributed by atoms with Gasteiger partial charge in [0.1, 0.15) is 0 Å². The number of nitrogens with zero attached hydrogens (tertiary/aromatic N) is 2. The zero-order valence-corrected chi connectivity index (χ0v) is 10.5. The molecule has 2 rings (SSSR count). The Balaban J connectivity index is 2.19. The lowest BCUT2D eigenvalue weighted by Crippen LogP contribution is -2.08. The fraction of sp³-hybridized carbons (Fsp3) is 0.231. The monoisotopic (exact) mass is 280 g/mol. The Morgan fingerprint density at radius 3 is 2.70 bits per heavy atom. The van der Waals surface area contributed by atoms with Gasteiger partial charge in [0.05, 0.1) is 23.4 Å². The average Bonchev–Trinajstić information content (AvgIpc) is 2.80. The van der Waals surface area contributed by atoms with Crippen molar-refractivity contribution < 1.29 is 13.2 Å². The van der Waals surface area contributed by atoms with Crippen LogP contribution in [0.5, 0.6) is 0 Å². The van der Waals surface area contributed by atoms with Crippen LogP contribution < -0.4 is 5.32 Å². The largest absolute Gasteiger partial charge is 0.417 e. The van der Waals surface area contributed by atoms with Gasteiger partial charge in [0.15, 0.2) is 0 Å². The molecule has 0 amide bonds. The second kappa shape index (κ2) is 5.25. The van der Waals surface area contributed by atoms with E-state index >= 15 is 0 Å². The number of aryl methyl sites for hydroxylation is 1. The topological polar surface area (TPSA) is 64.5 Å². The first-order valence-corrected chi connectivity index (χ1v) is 5.76. The molecule has 20 heavy (non-hydrogen) atoms. The highest BCUT2D eigenvalue weighted by Crippen LogP contribution is 2.33. The molecule has 0 unspecified atom stereocenters. The average molecular weight is 280 g/mol. The maximum Gasteiger partial charge on any atom is 0.417 e. The highest BCUT2D eigenvalue weighted by molar-refractivity contribution is 5.53. The van der Waals surface area contributed by atoms with Crippen molar-refractivity contribution in [3.05, 3.63) is 46.8 Å². The molecule has 1 aromatic heterocycles. The summed E-state index contributed by atoms with van der Waals surface area (Å²) in [6.07, 6.45) is -2.89. The summed E-state index contributed by atoms with van der Waals surface area (Å²) < 4.78 is 37.9. The predicted octanol–water partition coefficient (Wildman–Crippen LogP) is 3.22. The number of aromatic nitrogens is 2. The molecule has 0 aliphatic heterocycles. The second-order valence-electron chi connectivity index (χ2n) is 4.24. The standard InChI is InChI=1S/C13H11F3N4/c1-8-10(7-19-20-8)6-18-11-2-3-12(13(14,15)16)9(4-11)5-17/h2-4,7,18H,6H2,1H3,(H,19,20). The molecule has 1 heterocycles. The first-order chi connectivity index (χ1) is 9.41. The molecule has 0 bridgehead atoms. The van der Waals surface area contributed by atoms with Crippen LogP contribution in [-0.4, -0.2) is 10.2 Å². The summed E-state index contributed by atoms with van der Waals surface area (Å²) in [6.45, 7) is 2.26. The van der Waals surface area contributed by atoms with Gasteiger partial charge in [-0.2, -0.15) is 23.5 Å². The lowest BCUT2D eigenvalue weighted by Gasteiger charge is -2.11. The Labute approximate surface area is 113 Å². The van der Waals surface area contributed by atoms with E-state index in [1.807, 2.05) is 6.92 Å². The van der Waals surface area contributed by atoms with Crippen LogP contribution in [0.3, 0.4) is 0 Å². The van der Waals surface area contributed by atoms with E-state index in [4.69, 9.17) is 5.26 Å². The summed E-state index contributed by atoms with van der Waals surface area (Å²) in [5.41, 5.74) is 0.917. The summed E-state index contributed by atoms with van der Waals surface area (Å²) in [7, 11) is 0. The molecule has 4 nitrogen and oxygen atoms in total. The van der Waals surface area contributed by atoms with Gasteiger partial charge in [-0.3, -0.25) is 5.10 Å². The molecule has 2 N–H and O–H groups in total. The van der Waals surface area contributed by atoms with Crippen molar-refractivity contribution in [1.82, 2.24) is 10.2 Å². The number of aromatic amines is 1. The van der Waals surface area contributed by atoms with Crippen LogP contribution in [0.4, 0.5) is 18.9 Å². The van der Waals surface area contributed by atoms with Crippen molar-refractivity contribution in [3.63, 3.8) is 0 Å². The molecule has 0 saturated carbocycles. The quantitative estimate of drug-likeness (QED) is 0.907. The molecule has 7 heteroatoms. The van der Waals surface area contributed by atoms with E-state index in [9.17, 15) is 13.2 Å². The Kier molecular flexibility index (Phi) is 3.66. The lowest BCUT2D eigenvalue weighted by atomic mass is 10.1. The molecule has 0 aliphatic carbocycles. The lowest BCUT2D eigenvalue weighted by molar-refractivity contribution is -0.137. The third-order valence-corrected chi connectivity index (χ3v) is 2.86. The molecule has 0 spiro atoms. The SMILES string of the molecule is Cc1[nH]ncc1CNc1ccc(C(F)(F)F)c(C#N)c1. The highest BCUT2D eigenvalue weighted by Gasteiger charge is 2.33. The molecule has 104 valence electrons. The van der Waals surface area contributed by atoms with Crippen molar-refractivity contribution in [3.8, 4) is 6.07 Å². The number of hydrogen-bond donors (Lipinski definition) is 2. The zero-order valence-electron chi connectivity index (χ0n) is 10.5. The summed E-state index contributed by atoms with van der Waals surface area (Å²) in [6, 6.07) is 4.97. The van der Waals surface area contributed by atoms with Gasteiger partial charge in [0.2, 0.25) is 0 Å². The maximum atomic E-state index is 12.6. The van der Waals surface area contributed by atoms with Crippen LogP contribution in [0.2, 0.25) is 0 Å². The van der Waals surface area contributed by atoms with Gasteiger partial charge >= 0.3 is 6.18 Å². The highest BCUT2D eigenvalue weighted by atomic mass is 19.4. The minimum atomic E-state index is -4.52. The maximum absolute atomic E-state index is 12.6. The van der Waals surface area contributed by atoms with Crippen LogP contribution in [0.1, 0.15) is 22.4 Å². The molecule has 2 aromatic rings. The number of nitriles is 1. The van der Waals surface area contributed by atoms with Crippen LogP contribution in [0, 0.1) is 18.3 Å². The van der Waals surface area contributed by atoms with E-state index in [1.54, 1.807) is 12.3 Å². The van der Waals surface area contributed by atoms with E-state index in [2.05, 4.69) is 15.5 Å². The summed E-state index contributed by atoms with van der Waals surface area (Å²) >= 11 is 0. The Morgan fingerprint density at radius 1 is 1.40 bits per heavy atom.